The number of fused-ring (bicyclic) bond motifs is 6. The van der Waals surface area contributed by atoms with Gasteiger partial charge in [-0.2, -0.15) is 15.8 Å². The number of nitriles is 3. The summed E-state index contributed by atoms with van der Waals surface area (Å²) in [5.74, 6) is 1.62. The fraction of sp³-hybridized carbons (Fsp3) is 0.0595. The summed E-state index contributed by atoms with van der Waals surface area (Å²) in [6.45, 7) is 9.95. The van der Waals surface area contributed by atoms with E-state index in [1.165, 1.54) is 16.2 Å². The Morgan fingerprint density at radius 1 is 0.433 bits per heavy atom. The van der Waals surface area contributed by atoms with Crippen molar-refractivity contribution in [1.29, 1.82) is 15.8 Å². The number of hydrogen-bond donors (Lipinski definition) is 1. The van der Waals surface area contributed by atoms with Gasteiger partial charge in [0.15, 0.2) is 0 Å². The minimum Gasteiger partial charge on any atom is -0.497 e. The van der Waals surface area contributed by atoms with Crippen molar-refractivity contribution in [1.82, 2.24) is 0 Å². The van der Waals surface area contributed by atoms with Crippen LogP contribution in [-0.2, 0) is 6.16 Å². The van der Waals surface area contributed by atoms with Crippen LogP contribution in [-0.4, -0.2) is 49.6 Å². The number of aliphatic hydroxyl groups is 1. The number of rotatable bonds is 14. The van der Waals surface area contributed by atoms with E-state index in [4.69, 9.17) is 16.0 Å². The predicted molar refractivity (Wildman–Crippen MR) is 399 cm³/mol. The normalized spacial score (nSPS) is 10.9. The van der Waals surface area contributed by atoms with E-state index in [1.807, 2.05) is 164 Å². The van der Waals surface area contributed by atoms with Crippen molar-refractivity contribution in [2.45, 2.75) is 6.16 Å². The second kappa shape index (κ2) is 31.0. The van der Waals surface area contributed by atoms with Gasteiger partial charge in [-0.05, 0) is 165 Å². The molecule has 0 saturated carbocycles. The summed E-state index contributed by atoms with van der Waals surface area (Å²) < 4.78 is 10.7. The summed E-state index contributed by atoms with van der Waals surface area (Å²) in [4.78, 5) is 19.4. The zero-order chi connectivity index (χ0) is 65.8. The minimum atomic E-state index is -0.462. The third-order valence-electron chi connectivity index (χ3n) is 16.8. The van der Waals surface area contributed by atoms with Crippen LogP contribution < -0.4 is 19.3 Å². The molecule has 0 aliphatic carbocycles. The van der Waals surface area contributed by atoms with Crippen molar-refractivity contribution < 1.29 is 30.3 Å². The summed E-state index contributed by atoms with van der Waals surface area (Å²) in [6.07, 6.45) is 5.99. The lowest BCUT2D eigenvalue weighted by Crippen LogP contribution is -2.10. The first-order valence-corrected chi connectivity index (χ1v) is 32.8. The van der Waals surface area contributed by atoms with Gasteiger partial charge >= 0.3 is 0 Å². The van der Waals surface area contributed by atoms with Gasteiger partial charge in [0, 0.05) is 60.6 Å². The zero-order valence-corrected chi connectivity index (χ0v) is 54.2. The molecule has 0 heterocycles. The number of benzene rings is 14. The summed E-state index contributed by atoms with van der Waals surface area (Å²) in [5, 5.41) is 49.6. The van der Waals surface area contributed by atoms with Crippen molar-refractivity contribution in [3.05, 3.63) is 317 Å². The second-order valence-corrected chi connectivity index (χ2v) is 24.9. The Bertz CT molecular complexity index is 5390. The van der Waals surface area contributed by atoms with Crippen LogP contribution in [0.1, 0.15) is 43.7 Å². The molecule has 0 saturated heterocycles. The monoisotopic (exact) mass is 1280 g/mol. The molecule has 0 bridgehead atoms. The molecule has 1 unspecified atom stereocenters. The molecule has 14 aromatic carbocycles. The summed E-state index contributed by atoms with van der Waals surface area (Å²) in [5.41, 5.74) is 12.4. The lowest BCUT2D eigenvalue weighted by molar-refractivity contribution is 0.112. The molecular formula is C84H65N6O6P. The molecule has 0 amide bonds. The van der Waals surface area contributed by atoms with Crippen LogP contribution in [0.2, 0.25) is 0 Å². The standard InChI is InChI=1S/C41H27N3O.C24H19NO2.C19H15N2OP.2H2O/c1-43-41-37-12-6-5-11-35(37)39(27-42)36-25-18-29(26-38(36)41)15-14-28-16-19-31(20-17-28)44(32-21-23-33(45-2)24-22-32)40-13-7-9-30-8-3-4-10-34(30)40;1-27-22-15-13-21(14-16-22)25(20-11-9-18(17-26)10-12-20)24-8-4-6-19-5-2-3-7-23(19)24;1-23(12-22)11-13-6-7-16-17(8-13)19(10-21)15-5-3-2-4-14(15)18(16)9-20;;/h3-26H,2H3;2-17H,1H3;2-8,22H,11-12H2,1H3;2*1H2. The smallest absolute Gasteiger partial charge is 0.202 e. The maximum absolute atomic E-state index is 11.0. The van der Waals surface area contributed by atoms with E-state index in [0.29, 0.717) is 27.9 Å². The first-order chi connectivity index (χ1) is 46.7. The number of ether oxygens (including phenoxy) is 2. The van der Waals surface area contributed by atoms with Gasteiger partial charge in [0.1, 0.15) is 36.0 Å². The minimum absolute atomic E-state index is 0. The van der Waals surface area contributed by atoms with E-state index in [9.17, 15) is 25.7 Å². The van der Waals surface area contributed by atoms with Crippen LogP contribution >= 0.6 is 7.92 Å². The Hall–Kier alpha value is -12.5. The zero-order valence-electron chi connectivity index (χ0n) is 53.4. The molecule has 0 spiro atoms. The van der Waals surface area contributed by atoms with E-state index in [1.54, 1.807) is 14.2 Å². The number of carbonyl (C=O) groups is 1. The highest BCUT2D eigenvalue weighted by molar-refractivity contribution is 7.55. The number of carbonyl (C=O) groups excluding carboxylic acids is 1. The number of hydrogen-bond acceptors (Lipinski definition) is 9. The van der Waals surface area contributed by atoms with Crippen LogP contribution in [0.4, 0.5) is 39.8 Å². The Balaban J connectivity index is 0.000000168. The summed E-state index contributed by atoms with van der Waals surface area (Å²) >= 11 is 0. The molecule has 13 heteroatoms. The van der Waals surface area contributed by atoms with Crippen molar-refractivity contribution >= 4 is 131 Å². The third kappa shape index (κ3) is 14.1. The number of aliphatic hydroxyl groups excluding tert-OH is 1. The maximum atomic E-state index is 11.0. The van der Waals surface area contributed by atoms with Gasteiger partial charge in [0.2, 0.25) is 5.69 Å². The predicted octanol–water partition coefficient (Wildman–Crippen LogP) is 20.0. The molecule has 0 aliphatic rings. The van der Waals surface area contributed by atoms with Crippen molar-refractivity contribution in [3.63, 3.8) is 0 Å². The van der Waals surface area contributed by atoms with E-state index in [0.717, 1.165) is 123 Å². The number of aldehydes is 1. The molecule has 1 atom stereocenters. The largest absolute Gasteiger partial charge is 0.497 e. The van der Waals surface area contributed by atoms with Crippen LogP contribution in [0, 0.1) is 40.6 Å². The van der Waals surface area contributed by atoms with Gasteiger partial charge in [-0.25, -0.2) is 4.85 Å². The Labute approximate surface area is 564 Å². The fourth-order valence-corrected chi connectivity index (χ4v) is 13.1. The van der Waals surface area contributed by atoms with Crippen molar-refractivity contribution in [2.24, 2.45) is 0 Å². The quantitative estimate of drug-likeness (QED) is 0.0361. The van der Waals surface area contributed by atoms with Gasteiger partial charge in [-0.15, -0.1) is 0 Å². The van der Waals surface area contributed by atoms with Gasteiger partial charge in [0.05, 0.1) is 55.2 Å². The molecule has 12 nitrogen and oxygen atoms in total. The first-order valence-electron chi connectivity index (χ1n) is 30.7. The number of methoxy groups -OCH3 is 2. The highest BCUT2D eigenvalue weighted by Gasteiger charge is 2.20. The molecule has 14 rings (SSSR count). The van der Waals surface area contributed by atoms with Crippen LogP contribution in [0.5, 0.6) is 11.5 Å². The molecule has 0 aliphatic heterocycles. The Morgan fingerprint density at radius 3 is 1.26 bits per heavy atom. The topological polar surface area (TPSA) is 201 Å². The molecule has 0 aromatic heterocycles. The fourth-order valence-electron chi connectivity index (χ4n) is 12.2. The highest BCUT2D eigenvalue weighted by atomic mass is 31.1. The average molecular weight is 1290 g/mol. The average Bonchev–Trinajstić information content (AvgIpc) is 0.791. The SMILES string of the molecule is COc1ccc(N(c2ccc(C=O)cc2)c2cccc3ccccc23)cc1.CP(CO)Cc1ccc2c(C#N)c3ccccc3c(C#N)c2c1.O.O.[C-]#[N+]c1c2ccccc2c(C#N)c2ccc(C=Cc3ccc(N(c4ccc(OC)cc4)c4cccc5ccccc45)cc3)cc12. The third-order valence-corrected chi connectivity index (χ3v) is 18.2. The van der Waals surface area contributed by atoms with Gasteiger partial charge in [-0.3, -0.25) is 4.79 Å². The van der Waals surface area contributed by atoms with E-state index >= 15 is 0 Å². The molecule has 0 fully saturated rings. The van der Waals surface area contributed by atoms with Crippen LogP contribution in [0.15, 0.2) is 267 Å². The van der Waals surface area contributed by atoms with E-state index in [2.05, 4.69) is 154 Å². The van der Waals surface area contributed by atoms with Crippen molar-refractivity contribution in [3.8, 4) is 29.7 Å². The van der Waals surface area contributed by atoms with Gasteiger partial charge < -0.3 is 35.3 Å². The summed E-state index contributed by atoms with van der Waals surface area (Å²) in [7, 11) is 2.88. The highest BCUT2D eigenvalue weighted by Crippen LogP contribution is 2.44. The molecule has 14 aromatic rings. The first kappa shape index (κ1) is 67.4. The van der Waals surface area contributed by atoms with Crippen LogP contribution in [0.25, 0.3) is 81.6 Å². The van der Waals surface area contributed by atoms with Crippen molar-refractivity contribution in [2.75, 3.05) is 37.0 Å². The Morgan fingerprint density at radius 2 is 0.804 bits per heavy atom. The molecular weight excluding hydrogens is 1220 g/mol. The van der Waals surface area contributed by atoms with Gasteiger partial charge in [-0.1, -0.05) is 184 Å². The number of anilines is 6. The molecule has 472 valence electrons. The van der Waals surface area contributed by atoms with E-state index < -0.39 is 7.92 Å². The number of nitrogens with zero attached hydrogens (tertiary/aromatic N) is 6. The van der Waals surface area contributed by atoms with Gasteiger partial charge in [0.25, 0.3) is 0 Å². The maximum Gasteiger partial charge on any atom is 0.202 e. The molecule has 5 N–H and O–H groups in total. The van der Waals surface area contributed by atoms with E-state index in [-0.39, 0.29) is 17.3 Å². The molecule has 0 radical (unpaired) electrons. The lowest BCUT2D eigenvalue weighted by Gasteiger charge is -2.27. The Kier molecular flexibility index (Phi) is 21.5. The summed E-state index contributed by atoms with van der Waals surface area (Å²) in [6, 6.07) is 95.7. The molecule has 97 heavy (non-hydrogen) atoms. The lowest BCUT2D eigenvalue weighted by atomic mass is 9.92. The second-order valence-electron chi connectivity index (χ2n) is 22.6. The van der Waals surface area contributed by atoms with Crippen LogP contribution in [0.3, 0.4) is 0 Å².